The van der Waals surface area contributed by atoms with E-state index in [0.717, 1.165) is 0 Å². The normalized spacial score (nSPS) is 10.9. The predicted molar refractivity (Wildman–Crippen MR) is 66.8 cm³/mol. The van der Waals surface area contributed by atoms with E-state index in [1.54, 1.807) is 12.1 Å². The SMILES string of the molecule is O=c1[nH]c(=S)[nH]c2c1cnn2-c1cccc(F)c1. The lowest BCUT2D eigenvalue weighted by Gasteiger charge is -2.02. The Balaban J connectivity index is 2.37. The Morgan fingerprint density at radius 3 is 2.94 bits per heavy atom. The molecule has 0 amide bonds. The summed E-state index contributed by atoms with van der Waals surface area (Å²) >= 11 is 4.90. The summed E-state index contributed by atoms with van der Waals surface area (Å²) in [6.45, 7) is 0. The third-order valence-corrected chi connectivity index (χ3v) is 2.73. The minimum atomic E-state index is -0.375. The molecule has 0 saturated heterocycles. The molecule has 0 aliphatic heterocycles. The molecule has 90 valence electrons. The topological polar surface area (TPSA) is 66.5 Å². The zero-order valence-electron chi connectivity index (χ0n) is 8.98. The van der Waals surface area contributed by atoms with Crippen molar-refractivity contribution in [2.45, 2.75) is 0 Å². The molecule has 0 spiro atoms. The molecule has 0 unspecified atom stereocenters. The maximum absolute atomic E-state index is 13.2. The summed E-state index contributed by atoms with van der Waals surface area (Å²) in [5.41, 5.74) is 0.631. The fourth-order valence-electron chi connectivity index (χ4n) is 1.75. The van der Waals surface area contributed by atoms with Crippen molar-refractivity contribution in [2.75, 3.05) is 0 Å². The smallest absolute Gasteiger partial charge is 0.262 e. The summed E-state index contributed by atoms with van der Waals surface area (Å²) < 4.78 is 14.8. The second-order valence-electron chi connectivity index (χ2n) is 3.71. The molecule has 0 radical (unpaired) electrons. The van der Waals surface area contributed by atoms with Gasteiger partial charge in [0.15, 0.2) is 4.77 Å². The zero-order valence-corrected chi connectivity index (χ0v) is 9.79. The van der Waals surface area contributed by atoms with E-state index < -0.39 is 0 Å². The number of aromatic nitrogens is 4. The summed E-state index contributed by atoms with van der Waals surface area (Å²) in [5, 5.41) is 4.43. The number of H-pyrrole nitrogens is 2. The van der Waals surface area contributed by atoms with Gasteiger partial charge in [0, 0.05) is 0 Å². The van der Waals surface area contributed by atoms with Crippen LogP contribution in [0.15, 0.2) is 35.3 Å². The lowest BCUT2D eigenvalue weighted by atomic mass is 10.3. The van der Waals surface area contributed by atoms with Gasteiger partial charge in [-0.1, -0.05) is 6.07 Å². The number of fused-ring (bicyclic) bond motifs is 1. The van der Waals surface area contributed by atoms with Crippen molar-refractivity contribution in [3.8, 4) is 5.69 Å². The molecule has 3 aromatic rings. The van der Waals surface area contributed by atoms with E-state index in [1.165, 1.54) is 23.0 Å². The first-order valence-electron chi connectivity index (χ1n) is 5.11. The highest BCUT2D eigenvalue weighted by atomic mass is 32.1. The van der Waals surface area contributed by atoms with Crippen molar-refractivity contribution in [3.63, 3.8) is 0 Å². The van der Waals surface area contributed by atoms with E-state index >= 15 is 0 Å². The average molecular weight is 262 g/mol. The first kappa shape index (κ1) is 10.8. The minimum absolute atomic E-state index is 0.200. The van der Waals surface area contributed by atoms with Crippen molar-refractivity contribution in [3.05, 3.63) is 51.4 Å². The van der Waals surface area contributed by atoms with Crippen LogP contribution in [0.1, 0.15) is 0 Å². The Hall–Kier alpha value is -2.28. The van der Waals surface area contributed by atoms with Gasteiger partial charge in [0.05, 0.1) is 11.9 Å². The minimum Gasteiger partial charge on any atom is -0.316 e. The highest BCUT2D eigenvalue weighted by Crippen LogP contribution is 2.14. The molecule has 0 aliphatic carbocycles. The van der Waals surface area contributed by atoms with Crippen molar-refractivity contribution >= 4 is 23.3 Å². The highest BCUT2D eigenvalue weighted by Gasteiger charge is 2.08. The molecule has 3 rings (SSSR count). The molecule has 0 bridgehead atoms. The summed E-state index contributed by atoms with van der Waals surface area (Å²) in [4.78, 5) is 16.9. The van der Waals surface area contributed by atoms with Crippen molar-refractivity contribution < 1.29 is 4.39 Å². The Kier molecular flexibility index (Phi) is 2.34. The van der Waals surface area contributed by atoms with Gasteiger partial charge in [-0.3, -0.25) is 9.78 Å². The first-order valence-corrected chi connectivity index (χ1v) is 5.52. The van der Waals surface area contributed by atoms with Crippen LogP contribution < -0.4 is 5.56 Å². The maximum Gasteiger partial charge on any atom is 0.262 e. The molecule has 0 saturated carbocycles. The fourth-order valence-corrected chi connectivity index (χ4v) is 1.94. The molecular formula is C11H7FN4OS. The molecule has 2 aromatic heterocycles. The van der Waals surface area contributed by atoms with E-state index in [-0.39, 0.29) is 16.1 Å². The van der Waals surface area contributed by atoms with Crippen LogP contribution in [0.4, 0.5) is 4.39 Å². The van der Waals surface area contributed by atoms with Crippen LogP contribution in [0.2, 0.25) is 0 Å². The number of aromatic amines is 2. The Morgan fingerprint density at radius 2 is 2.17 bits per heavy atom. The van der Waals surface area contributed by atoms with Gasteiger partial charge in [-0.15, -0.1) is 0 Å². The predicted octanol–water partition coefficient (Wildman–Crippen LogP) is 1.91. The van der Waals surface area contributed by atoms with Crippen LogP contribution >= 0.6 is 12.2 Å². The van der Waals surface area contributed by atoms with Crippen LogP contribution in [0.25, 0.3) is 16.7 Å². The number of nitrogens with zero attached hydrogens (tertiary/aromatic N) is 2. The third-order valence-electron chi connectivity index (χ3n) is 2.53. The van der Waals surface area contributed by atoms with Crippen molar-refractivity contribution in [1.82, 2.24) is 19.7 Å². The zero-order chi connectivity index (χ0) is 12.7. The van der Waals surface area contributed by atoms with Gasteiger partial charge in [0.1, 0.15) is 16.9 Å². The molecule has 5 nitrogen and oxygen atoms in total. The number of benzene rings is 1. The average Bonchev–Trinajstić information content (AvgIpc) is 2.72. The summed E-state index contributed by atoms with van der Waals surface area (Å²) in [5.74, 6) is -0.375. The standard InChI is InChI=1S/C11H7FN4OS/c12-6-2-1-3-7(4-6)16-9-8(5-13-16)10(17)15-11(18)14-9/h1-5H,(H2,14,15,17,18). The van der Waals surface area contributed by atoms with Crippen LogP contribution in [-0.2, 0) is 0 Å². The Morgan fingerprint density at radius 1 is 1.33 bits per heavy atom. The van der Waals surface area contributed by atoms with E-state index in [4.69, 9.17) is 12.2 Å². The first-order chi connectivity index (χ1) is 8.65. The molecule has 0 aliphatic rings. The van der Waals surface area contributed by atoms with Crippen molar-refractivity contribution in [2.24, 2.45) is 0 Å². The van der Waals surface area contributed by atoms with Gasteiger partial charge < -0.3 is 4.98 Å². The third kappa shape index (κ3) is 1.65. The van der Waals surface area contributed by atoms with Gasteiger partial charge in [0.25, 0.3) is 5.56 Å². The van der Waals surface area contributed by atoms with Gasteiger partial charge in [-0.05, 0) is 30.4 Å². The van der Waals surface area contributed by atoms with Gasteiger partial charge in [-0.2, -0.15) is 5.10 Å². The van der Waals surface area contributed by atoms with E-state index in [9.17, 15) is 9.18 Å². The van der Waals surface area contributed by atoms with Crippen LogP contribution in [-0.4, -0.2) is 19.7 Å². The Labute approximate surface area is 105 Å². The number of hydrogen-bond donors (Lipinski definition) is 2. The highest BCUT2D eigenvalue weighted by molar-refractivity contribution is 7.71. The quantitative estimate of drug-likeness (QED) is 0.658. The van der Waals surface area contributed by atoms with Crippen LogP contribution in [0.5, 0.6) is 0 Å². The van der Waals surface area contributed by atoms with E-state index in [1.807, 2.05) is 0 Å². The van der Waals surface area contributed by atoms with Gasteiger partial charge in [0.2, 0.25) is 0 Å². The van der Waals surface area contributed by atoms with Crippen LogP contribution in [0.3, 0.4) is 0 Å². The molecule has 2 N–H and O–H groups in total. The number of halogens is 1. The molecule has 1 aromatic carbocycles. The van der Waals surface area contributed by atoms with Gasteiger partial charge >= 0.3 is 0 Å². The van der Waals surface area contributed by atoms with Gasteiger partial charge in [-0.25, -0.2) is 9.07 Å². The molecule has 7 heteroatoms. The van der Waals surface area contributed by atoms with E-state index in [2.05, 4.69) is 15.1 Å². The molecule has 2 heterocycles. The summed E-state index contributed by atoms with van der Waals surface area (Å²) in [6.07, 6.45) is 1.41. The summed E-state index contributed by atoms with van der Waals surface area (Å²) in [7, 11) is 0. The lowest BCUT2D eigenvalue weighted by molar-refractivity contribution is 0.625. The maximum atomic E-state index is 13.2. The number of hydrogen-bond acceptors (Lipinski definition) is 3. The molecule has 0 atom stereocenters. The molecular weight excluding hydrogens is 255 g/mol. The van der Waals surface area contributed by atoms with E-state index in [0.29, 0.717) is 16.7 Å². The summed E-state index contributed by atoms with van der Waals surface area (Å²) in [6, 6.07) is 5.92. The number of rotatable bonds is 1. The molecule has 0 fully saturated rings. The second-order valence-corrected chi connectivity index (χ2v) is 4.12. The van der Waals surface area contributed by atoms with Crippen molar-refractivity contribution in [1.29, 1.82) is 0 Å². The fraction of sp³-hybridized carbons (Fsp3) is 0. The molecule has 18 heavy (non-hydrogen) atoms. The Bertz CT molecular complexity index is 848. The number of nitrogens with one attached hydrogen (secondary N) is 2. The van der Waals surface area contributed by atoms with Crippen LogP contribution in [0, 0.1) is 10.6 Å². The monoisotopic (exact) mass is 262 g/mol. The largest absolute Gasteiger partial charge is 0.316 e. The lowest BCUT2D eigenvalue weighted by Crippen LogP contribution is -2.08. The second kappa shape index (κ2) is 3.88.